The molecule has 1 aromatic rings. The van der Waals surface area contributed by atoms with Gasteiger partial charge in [0, 0.05) is 61.1 Å². The highest BCUT2D eigenvalue weighted by molar-refractivity contribution is 6.19. The quantitative estimate of drug-likeness (QED) is 0.526. The van der Waals surface area contributed by atoms with Crippen molar-refractivity contribution in [1.82, 2.24) is 0 Å². The van der Waals surface area contributed by atoms with Crippen molar-refractivity contribution in [2.24, 2.45) is 0 Å². The van der Waals surface area contributed by atoms with Crippen LogP contribution in [0.2, 0.25) is 0 Å². The summed E-state index contributed by atoms with van der Waals surface area (Å²) in [6.45, 7) is 2.51. The predicted molar refractivity (Wildman–Crippen MR) is 105 cm³/mol. The van der Waals surface area contributed by atoms with Gasteiger partial charge in [0.25, 0.3) is 0 Å². The Morgan fingerprint density at radius 2 is 1.38 bits per heavy atom. The molecule has 0 heterocycles. The minimum atomic E-state index is -0.876. The van der Waals surface area contributed by atoms with Crippen molar-refractivity contribution in [1.29, 1.82) is 0 Å². The Morgan fingerprint density at radius 1 is 0.875 bits per heavy atom. The maximum Gasteiger partial charge on any atom is 0.307 e. The molecule has 0 fully saturated rings. The molecule has 1 rings (SSSR count). The molecule has 0 bridgehead atoms. The second-order valence-corrected chi connectivity index (χ2v) is 6.63. The molecule has 1 aromatic carbocycles. The Balaban J connectivity index is 3.25. The van der Waals surface area contributed by atoms with E-state index in [0.717, 1.165) is 16.9 Å². The maximum absolute atomic E-state index is 11.2. The van der Waals surface area contributed by atoms with Crippen LogP contribution in [0.1, 0.15) is 5.56 Å². The SMILES string of the molecule is O=C(O)Cc1ccc(N(CCCl)CCCl)cc1N(CCCl)CCCl. The van der Waals surface area contributed by atoms with Crippen molar-refractivity contribution >= 4 is 63.7 Å². The summed E-state index contributed by atoms with van der Waals surface area (Å²) in [5, 5.41) is 9.16. The van der Waals surface area contributed by atoms with Crippen LogP contribution in [0, 0.1) is 0 Å². The van der Waals surface area contributed by atoms with E-state index < -0.39 is 5.97 Å². The fraction of sp³-hybridized carbons (Fsp3) is 0.562. The Labute approximate surface area is 163 Å². The first-order chi connectivity index (χ1) is 11.6. The summed E-state index contributed by atoms with van der Waals surface area (Å²) in [5.74, 6) is 0.951. The zero-order valence-electron chi connectivity index (χ0n) is 13.4. The molecule has 1 N–H and O–H groups in total. The highest BCUT2D eigenvalue weighted by Gasteiger charge is 2.16. The van der Waals surface area contributed by atoms with Gasteiger partial charge in [-0.05, 0) is 17.7 Å². The Bertz CT molecular complexity index is 505. The smallest absolute Gasteiger partial charge is 0.307 e. The van der Waals surface area contributed by atoms with Gasteiger partial charge in [-0.2, -0.15) is 0 Å². The highest BCUT2D eigenvalue weighted by atomic mass is 35.5. The van der Waals surface area contributed by atoms with Crippen LogP contribution >= 0.6 is 46.4 Å². The predicted octanol–water partition coefficient (Wildman–Crippen LogP) is 3.88. The van der Waals surface area contributed by atoms with Gasteiger partial charge < -0.3 is 14.9 Å². The van der Waals surface area contributed by atoms with Crippen LogP contribution in [-0.2, 0) is 11.2 Å². The topological polar surface area (TPSA) is 43.8 Å². The van der Waals surface area contributed by atoms with Crippen LogP contribution in [0.3, 0.4) is 0 Å². The van der Waals surface area contributed by atoms with E-state index in [1.807, 2.05) is 23.1 Å². The molecule has 0 spiro atoms. The van der Waals surface area contributed by atoms with Crippen LogP contribution in [0.5, 0.6) is 0 Å². The first-order valence-corrected chi connectivity index (χ1v) is 9.79. The lowest BCUT2D eigenvalue weighted by molar-refractivity contribution is -0.136. The lowest BCUT2D eigenvalue weighted by Gasteiger charge is -2.29. The van der Waals surface area contributed by atoms with E-state index in [2.05, 4.69) is 4.90 Å². The first kappa shape index (κ1) is 21.5. The molecular weight excluding hydrogens is 394 g/mol. The van der Waals surface area contributed by atoms with Crippen molar-refractivity contribution in [2.45, 2.75) is 6.42 Å². The minimum absolute atomic E-state index is 0.0539. The van der Waals surface area contributed by atoms with Crippen molar-refractivity contribution in [2.75, 3.05) is 59.5 Å². The summed E-state index contributed by atoms with van der Waals surface area (Å²) < 4.78 is 0. The molecule has 0 radical (unpaired) electrons. The average Bonchev–Trinajstić information content (AvgIpc) is 2.54. The molecule has 0 aromatic heterocycles. The highest BCUT2D eigenvalue weighted by Crippen LogP contribution is 2.28. The van der Waals surface area contributed by atoms with E-state index in [1.54, 1.807) is 0 Å². The number of halogens is 4. The minimum Gasteiger partial charge on any atom is -0.481 e. The molecule has 0 aliphatic carbocycles. The Hall–Kier alpha value is -0.550. The van der Waals surface area contributed by atoms with Gasteiger partial charge in [-0.1, -0.05) is 6.07 Å². The third-order valence-corrected chi connectivity index (χ3v) is 4.21. The van der Waals surface area contributed by atoms with Crippen LogP contribution < -0.4 is 9.80 Å². The third kappa shape index (κ3) is 6.75. The Morgan fingerprint density at radius 3 is 1.83 bits per heavy atom. The number of carbonyl (C=O) groups is 1. The van der Waals surface area contributed by atoms with E-state index in [1.165, 1.54) is 0 Å². The largest absolute Gasteiger partial charge is 0.481 e. The molecule has 0 aliphatic heterocycles. The number of hydrogen-bond acceptors (Lipinski definition) is 3. The number of nitrogens with zero attached hydrogens (tertiary/aromatic N) is 2. The second kappa shape index (κ2) is 11.9. The number of alkyl halides is 4. The molecule has 0 atom stereocenters. The molecule has 4 nitrogen and oxygen atoms in total. The Kier molecular flexibility index (Phi) is 10.7. The van der Waals surface area contributed by atoms with Crippen LogP contribution in [0.15, 0.2) is 18.2 Å². The van der Waals surface area contributed by atoms with Gasteiger partial charge in [0.15, 0.2) is 0 Å². The number of carboxylic acid groups (broad SMARTS) is 1. The molecule has 0 saturated carbocycles. The van der Waals surface area contributed by atoms with E-state index >= 15 is 0 Å². The molecule has 0 aliphatic rings. The van der Waals surface area contributed by atoms with Crippen molar-refractivity contribution < 1.29 is 9.90 Å². The van der Waals surface area contributed by atoms with E-state index in [-0.39, 0.29) is 6.42 Å². The zero-order chi connectivity index (χ0) is 17.9. The van der Waals surface area contributed by atoms with Gasteiger partial charge in [-0.3, -0.25) is 4.79 Å². The zero-order valence-corrected chi connectivity index (χ0v) is 16.4. The lowest BCUT2D eigenvalue weighted by atomic mass is 10.1. The molecule has 136 valence electrons. The third-order valence-electron chi connectivity index (χ3n) is 3.53. The maximum atomic E-state index is 11.2. The number of aliphatic carboxylic acids is 1. The summed E-state index contributed by atoms with van der Waals surface area (Å²) in [6.07, 6.45) is -0.0539. The van der Waals surface area contributed by atoms with Crippen LogP contribution in [-0.4, -0.2) is 60.8 Å². The van der Waals surface area contributed by atoms with E-state index in [9.17, 15) is 4.79 Å². The molecule has 8 heteroatoms. The van der Waals surface area contributed by atoms with E-state index in [4.69, 9.17) is 51.5 Å². The van der Waals surface area contributed by atoms with Crippen LogP contribution in [0.25, 0.3) is 0 Å². The van der Waals surface area contributed by atoms with Gasteiger partial charge >= 0.3 is 5.97 Å². The molecule has 0 amide bonds. The molecule has 0 unspecified atom stereocenters. The fourth-order valence-corrected chi connectivity index (χ4v) is 3.30. The summed E-state index contributed by atoms with van der Waals surface area (Å²) in [4.78, 5) is 15.3. The lowest BCUT2D eigenvalue weighted by Crippen LogP contribution is -2.31. The van der Waals surface area contributed by atoms with Gasteiger partial charge in [0.05, 0.1) is 6.42 Å². The number of rotatable bonds is 12. The molecule has 0 saturated heterocycles. The first-order valence-electron chi connectivity index (χ1n) is 7.65. The van der Waals surface area contributed by atoms with Gasteiger partial charge in [-0.25, -0.2) is 0 Å². The number of benzene rings is 1. The fourth-order valence-electron chi connectivity index (χ4n) is 2.49. The number of anilines is 2. The number of carboxylic acids is 1. The van der Waals surface area contributed by atoms with Crippen molar-refractivity contribution in [3.8, 4) is 0 Å². The van der Waals surface area contributed by atoms with Gasteiger partial charge in [-0.15, -0.1) is 46.4 Å². The summed E-state index contributed by atoms with van der Waals surface area (Å²) in [5.41, 5.74) is 2.53. The van der Waals surface area contributed by atoms with Crippen molar-refractivity contribution in [3.63, 3.8) is 0 Å². The summed E-state index contributed by atoms with van der Waals surface area (Å²) in [7, 11) is 0. The number of hydrogen-bond donors (Lipinski definition) is 1. The van der Waals surface area contributed by atoms with Gasteiger partial charge in [0.2, 0.25) is 0 Å². The normalized spacial score (nSPS) is 10.7. The average molecular weight is 416 g/mol. The standard InChI is InChI=1S/C16H22Cl4N2O2/c17-3-7-21(8-4-18)14-2-1-13(11-16(23)24)15(12-14)22(9-5-19)10-6-20/h1-2,12H,3-11H2,(H,23,24). The van der Waals surface area contributed by atoms with Crippen molar-refractivity contribution in [3.05, 3.63) is 23.8 Å². The summed E-state index contributed by atoms with van der Waals surface area (Å²) >= 11 is 23.5. The molecular formula is C16H22Cl4N2O2. The monoisotopic (exact) mass is 414 g/mol. The van der Waals surface area contributed by atoms with E-state index in [0.29, 0.717) is 49.7 Å². The second-order valence-electron chi connectivity index (χ2n) is 5.11. The summed E-state index contributed by atoms with van der Waals surface area (Å²) in [6, 6.07) is 5.71. The molecule has 24 heavy (non-hydrogen) atoms. The van der Waals surface area contributed by atoms with Crippen LogP contribution in [0.4, 0.5) is 11.4 Å². The van der Waals surface area contributed by atoms with Gasteiger partial charge in [0.1, 0.15) is 0 Å².